The Kier molecular flexibility index (Phi) is 10.7. The molecule has 7 nitrogen and oxygen atoms in total. The molecule has 1 saturated heterocycles. The molecule has 1 aliphatic heterocycles. The molecule has 28 heavy (non-hydrogen) atoms. The van der Waals surface area contributed by atoms with Gasteiger partial charge in [-0.2, -0.15) is 0 Å². The summed E-state index contributed by atoms with van der Waals surface area (Å²) >= 11 is 0. The van der Waals surface area contributed by atoms with E-state index in [2.05, 4.69) is 36.9 Å². The van der Waals surface area contributed by atoms with Crippen LogP contribution in [0, 0.1) is 5.41 Å². The summed E-state index contributed by atoms with van der Waals surface area (Å²) in [6.07, 6.45) is 3.97. The lowest BCUT2D eigenvalue weighted by molar-refractivity contribution is -0.128. The van der Waals surface area contributed by atoms with Gasteiger partial charge in [0.2, 0.25) is 5.91 Å². The molecule has 1 aromatic heterocycles. The van der Waals surface area contributed by atoms with E-state index in [1.54, 1.807) is 7.05 Å². The zero-order valence-corrected chi connectivity index (χ0v) is 19.8. The molecule has 0 bridgehead atoms. The molecule has 158 valence electrons. The monoisotopic (exact) mass is 502 g/mol. The Balaban J connectivity index is 0.00000392. The minimum Gasteiger partial charge on any atom is -0.356 e. The Bertz CT molecular complexity index is 614. The van der Waals surface area contributed by atoms with Gasteiger partial charge in [0.1, 0.15) is 0 Å². The van der Waals surface area contributed by atoms with Crippen LogP contribution >= 0.6 is 24.0 Å². The van der Waals surface area contributed by atoms with E-state index in [1.807, 2.05) is 39.1 Å². The van der Waals surface area contributed by atoms with Crippen LogP contribution in [0.25, 0.3) is 0 Å². The second-order valence-corrected chi connectivity index (χ2v) is 7.68. The fourth-order valence-corrected chi connectivity index (χ4v) is 3.13. The van der Waals surface area contributed by atoms with Crippen molar-refractivity contribution in [1.29, 1.82) is 0 Å². The van der Waals surface area contributed by atoms with Crippen molar-refractivity contribution in [3.05, 3.63) is 30.1 Å². The summed E-state index contributed by atoms with van der Waals surface area (Å²) in [5, 5.41) is 9.68. The molecule has 0 aliphatic carbocycles. The SMILES string of the molecule is CCNC(=O)C(C)(C)CNC(=NC)NC1CCN(Cc2ccccn2)CC1.I. The van der Waals surface area contributed by atoms with Crippen molar-refractivity contribution in [2.45, 2.75) is 46.2 Å². The summed E-state index contributed by atoms with van der Waals surface area (Å²) in [6, 6.07) is 6.45. The van der Waals surface area contributed by atoms with Crippen LogP contribution in [0.5, 0.6) is 0 Å². The van der Waals surface area contributed by atoms with Crippen molar-refractivity contribution < 1.29 is 4.79 Å². The van der Waals surface area contributed by atoms with Crippen molar-refractivity contribution in [1.82, 2.24) is 25.8 Å². The molecule has 1 amide bonds. The molecule has 1 aromatic rings. The Morgan fingerprint density at radius 1 is 1.29 bits per heavy atom. The number of carbonyl (C=O) groups excluding carboxylic acids is 1. The quantitative estimate of drug-likeness (QED) is 0.302. The van der Waals surface area contributed by atoms with Crippen molar-refractivity contribution in [2.75, 3.05) is 33.2 Å². The lowest BCUT2D eigenvalue weighted by Gasteiger charge is -2.33. The van der Waals surface area contributed by atoms with E-state index < -0.39 is 5.41 Å². The van der Waals surface area contributed by atoms with E-state index in [-0.39, 0.29) is 29.9 Å². The molecule has 0 unspecified atom stereocenters. The van der Waals surface area contributed by atoms with Gasteiger partial charge in [0.15, 0.2) is 5.96 Å². The normalized spacial score (nSPS) is 16.2. The molecular formula is C20H35IN6O. The number of pyridine rings is 1. The summed E-state index contributed by atoms with van der Waals surface area (Å²) in [5.41, 5.74) is 0.633. The number of halogens is 1. The topological polar surface area (TPSA) is 81.6 Å². The number of nitrogens with zero attached hydrogens (tertiary/aromatic N) is 3. The van der Waals surface area contributed by atoms with Crippen LogP contribution < -0.4 is 16.0 Å². The second-order valence-electron chi connectivity index (χ2n) is 7.68. The molecule has 8 heteroatoms. The van der Waals surface area contributed by atoms with E-state index in [1.165, 1.54) is 0 Å². The van der Waals surface area contributed by atoms with Gasteiger partial charge in [-0.15, -0.1) is 24.0 Å². The third-order valence-electron chi connectivity index (χ3n) is 4.91. The molecule has 2 rings (SSSR count). The molecule has 1 aliphatic rings. The number of hydrogen-bond donors (Lipinski definition) is 3. The van der Waals surface area contributed by atoms with Crippen molar-refractivity contribution >= 4 is 35.8 Å². The Hall–Kier alpha value is -1.42. The van der Waals surface area contributed by atoms with Crippen LogP contribution in [0.1, 0.15) is 39.3 Å². The number of rotatable bonds is 7. The highest BCUT2D eigenvalue weighted by molar-refractivity contribution is 14.0. The third-order valence-corrected chi connectivity index (χ3v) is 4.91. The minimum absolute atomic E-state index is 0. The van der Waals surface area contributed by atoms with Gasteiger partial charge in [0.05, 0.1) is 11.1 Å². The number of amides is 1. The lowest BCUT2D eigenvalue weighted by Crippen LogP contribution is -2.51. The lowest BCUT2D eigenvalue weighted by atomic mass is 9.92. The number of piperidine rings is 1. The van der Waals surface area contributed by atoms with Crippen molar-refractivity contribution in [2.24, 2.45) is 10.4 Å². The maximum atomic E-state index is 12.1. The minimum atomic E-state index is -0.486. The van der Waals surface area contributed by atoms with Crippen molar-refractivity contribution in [3.63, 3.8) is 0 Å². The summed E-state index contributed by atoms with van der Waals surface area (Å²) in [4.78, 5) is 23.3. The van der Waals surface area contributed by atoms with Gasteiger partial charge < -0.3 is 16.0 Å². The van der Waals surface area contributed by atoms with Gasteiger partial charge in [0, 0.05) is 52.0 Å². The predicted molar refractivity (Wildman–Crippen MR) is 125 cm³/mol. The first-order chi connectivity index (χ1) is 12.9. The molecule has 0 aromatic carbocycles. The summed E-state index contributed by atoms with van der Waals surface area (Å²) < 4.78 is 0. The first kappa shape index (κ1) is 24.6. The van der Waals surface area contributed by atoms with E-state index in [4.69, 9.17) is 0 Å². The highest BCUT2D eigenvalue weighted by atomic mass is 127. The number of hydrogen-bond acceptors (Lipinski definition) is 4. The van der Waals surface area contributed by atoms with E-state index in [0.29, 0.717) is 19.1 Å². The van der Waals surface area contributed by atoms with Crippen LogP contribution in [0.15, 0.2) is 29.4 Å². The predicted octanol–water partition coefficient (Wildman–Crippen LogP) is 1.99. The summed E-state index contributed by atoms with van der Waals surface area (Å²) in [6.45, 7) is 9.97. The first-order valence-corrected chi connectivity index (χ1v) is 9.82. The van der Waals surface area contributed by atoms with Crippen molar-refractivity contribution in [3.8, 4) is 0 Å². The zero-order valence-electron chi connectivity index (χ0n) is 17.5. The molecule has 2 heterocycles. The fourth-order valence-electron chi connectivity index (χ4n) is 3.13. The Morgan fingerprint density at radius 3 is 2.57 bits per heavy atom. The molecule has 0 atom stereocenters. The van der Waals surface area contributed by atoms with Crippen LogP contribution in [0.4, 0.5) is 0 Å². The highest BCUT2D eigenvalue weighted by Crippen LogP contribution is 2.15. The molecule has 0 spiro atoms. The molecule has 3 N–H and O–H groups in total. The van der Waals surface area contributed by atoms with E-state index in [0.717, 1.165) is 44.1 Å². The third kappa shape index (κ3) is 7.90. The number of aliphatic imine (C=N–C) groups is 1. The molecule has 1 fully saturated rings. The smallest absolute Gasteiger partial charge is 0.227 e. The second kappa shape index (κ2) is 12.2. The number of nitrogens with one attached hydrogen (secondary N) is 3. The first-order valence-electron chi connectivity index (χ1n) is 9.82. The standard InChI is InChI=1S/C20H34N6O.HI/c1-5-22-18(27)20(2,3)15-24-19(21-4)25-16-9-12-26(13-10-16)14-17-8-6-7-11-23-17;/h6-8,11,16H,5,9-10,12-15H2,1-4H3,(H,22,27)(H2,21,24,25);1H. The van der Waals surface area contributed by atoms with E-state index >= 15 is 0 Å². The van der Waals surface area contributed by atoms with Gasteiger partial charge in [-0.25, -0.2) is 0 Å². The van der Waals surface area contributed by atoms with Gasteiger partial charge in [-0.3, -0.25) is 19.7 Å². The number of likely N-dealkylation sites (tertiary alicyclic amines) is 1. The number of guanidine groups is 1. The number of carbonyl (C=O) groups is 1. The highest BCUT2D eigenvalue weighted by Gasteiger charge is 2.27. The van der Waals surface area contributed by atoms with Crippen LogP contribution in [0.3, 0.4) is 0 Å². The summed E-state index contributed by atoms with van der Waals surface area (Å²) in [7, 11) is 1.77. The van der Waals surface area contributed by atoms with Crippen LogP contribution in [-0.4, -0.2) is 61.0 Å². The average Bonchev–Trinajstić information content (AvgIpc) is 2.67. The molecular weight excluding hydrogens is 467 g/mol. The van der Waals surface area contributed by atoms with Gasteiger partial charge in [0.25, 0.3) is 0 Å². The van der Waals surface area contributed by atoms with Crippen LogP contribution in [-0.2, 0) is 11.3 Å². The van der Waals surface area contributed by atoms with Gasteiger partial charge in [-0.05, 0) is 45.7 Å². The molecule has 0 saturated carbocycles. The average molecular weight is 502 g/mol. The van der Waals surface area contributed by atoms with Gasteiger partial charge >= 0.3 is 0 Å². The number of aromatic nitrogens is 1. The van der Waals surface area contributed by atoms with Crippen LogP contribution in [0.2, 0.25) is 0 Å². The maximum absolute atomic E-state index is 12.1. The Morgan fingerprint density at radius 2 is 2.00 bits per heavy atom. The fraction of sp³-hybridized carbons (Fsp3) is 0.650. The largest absolute Gasteiger partial charge is 0.356 e. The maximum Gasteiger partial charge on any atom is 0.227 e. The Labute approximate surface area is 186 Å². The molecule has 0 radical (unpaired) electrons. The van der Waals surface area contributed by atoms with Gasteiger partial charge in [-0.1, -0.05) is 6.07 Å². The zero-order chi connectivity index (χ0) is 19.7. The summed E-state index contributed by atoms with van der Waals surface area (Å²) in [5.74, 6) is 0.811. The van der Waals surface area contributed by atoms with E-state index in [9.17, 15) is 4.79 Å².